The molecule has 0 aromatic rings. The van der Waals surface area contributed by atoms with Gasteiger partial charge in [-0.1, -0.05) is 13.8 Å². The van der Waals surface area contributed by atoms with Gasteiger partial charge in [-0.05, 0) is 24.4 Å². The number of halogens is 1. The summed E-state index contributed by atoms with van der Waals surface area (Å²) in [5.74, 6) is -0.803. The highest BCUT2D eigenvalue weighted by atomic mass is 35.5. The summed E-state index contributed by atoms with van der Waals surface area (Å²) >= 11 is 4.94. The smallest absolute Gasteiger partial charge is 0.306 e. The maximum atomic E-state index is 11.2. The van der Waals surface area contributed by atoms with Crippen LogP contribution in [0.3, 0.4) is 0 Å². The molecule has 0 saturated carbocycles. The van der Waals surface area contributed by atoms with Gasteiger partial charge in [0.05, 0.1) is 19.8 Å². The van der Waals surface area contributed by atoms with Crippen molar-refractivity contribution in [2.24, 2.45) is 0 Å². The predicted octanol–water partition coefficient (Wildman–Crippen LogP) is 2.63. The van der Waals surface area contributed by atoms with E-state index in [0.717, 1.165) is 12.8 Å². The number of ether oxygens (including phenoxy) is 3. The van der Waals surface area contributed by atoms with E-state index in [1.54, 1.807) is 0 Å². The number of rotatable bonds is 11. The van der Waals surface area contributed by atoms with Crippen LogP contribution < -0.4 is 0 Å². The van der Waals surface area contributed by atoms with E-state index in [9.17, 15) is 19.2 Å². The molecule has 1 N–H and O–H groups in total. The summed E-state index contributed by atoms with van der Waals surface area (Å²) in [5.41, 5.74) is -1.57. The summed E-state index contributed by atoms with van der Waals surface area (Å²) < 4.78 is 24.8. The SMILES string of the molecule is CCCC(=O)Cl.CCCC(=O)OCC1(COP)CCC(=O)O1.O=C1CCC(CO)(COP)O1. The number of aliphatic hydroxyl groups excluding tert-OH is 1. The molecule has 0 bridgehead atoms. The zero-order valence-corrected chi connectivity index (χ0v) is 22.2. The highest BCUT2D eigenvalue weighted by Crippen LogP contribution is 2.28. The van der Waals surface area contributed by atoms with Crippen LogP contribution in [0.1, 0.15) is 65.2 Å². The fourth-order valence-corrected chi connectivity index (χ4v) is 3.64. The van der Waals surface area contributed by atoms with Gasteiger partial charge < -0.3 is 28.4 Å². The molecule has 13 heteroatoms. The van der Waals surface area contributed by atoms with Crippen LogP contribution in [0.2, 0.25) is 0 Å². The van der Waals surface area contributed by atoms with Crippen LogP contribution in [0.25, 0.3) is 0 Å². The molecule has 192 valence electrons. The average molecular weight is 533 g/mol. The quantitative estimate of drug-likeness (QED) is 0.183. The number of hydrogen-bond donors (Lipinski definition) is 1. The van der Waals surface area contributed by atoms with Crippen molar-refractivity contribution in [2.75, 3.05) is 26.4 Å². The van der Waals surface area contributed by atoms with Crippen LogP contribution in [-0.2, 0) is 42.4 Å². The van der Waals surface area contributed by atoms with Gasteiger partial charge in [-0.15, -0.1) is 0 Å². The highest BCUT2D eigenvalue weighted by molar-refractivity contribution is 7.10. The van der Waals surface area contributed by atoms with E-state index >= 15 is 0 Å². The molecule has 2 aliphatic rings. The minimum atomic E-state index is -0.789. The lowest BCUT2D eigenvalue weighted by atomic mass is 10.0. The lowest BCUT2D eigenvalue weighted by Crippen LogP contribution is -2.39. The summed E-state index contributed by atoms with van der Waals surface area (Å²) in [6.07, 6.45) is 4.26. The van der Waals surface area contributed by atoms with E-state index in [-0.39, 0.29) is 49.6 Å². The Labute approximate surface area is 204 Å². The fourth-order valence-electron chi connectivity index (χ4n) is 2.84. The van der Waals surface area contributed by atoms with Crippen molar-refractivity contribution < 1.29 is 47.5 Å². The maximum absolute atomic E-state index is 11.2. The molecule has 0 amide bonds. The van der Waals surface area contributed by atoms with E-state index in [1.807, 2.05) is 13.8 Å². The van der Waals surface area contributed by atoms with Crippen LogP contribution in [-0.4, -0.2) is 65.9 Å². The molecule has 0 radical (unpaired) electrons. The van der Waals surface area contributed by atoms with Gasteiger partial charge in [0.1, 0.15) is 6.61 Å². The first-order chi connectivity index (χ1) is 15.6. The summed E-state index contributed by atoms with van der Waals surface area (Å²) in [7, 11) is 4.17. The summed E-state index contributed by atoms with van der Waals surface area (Å²) in [6, 6.07) is 0. The molecule has 4 atom stereocenters. The molecule has 4 unspecified atom stereocenters. The number of cyclic esters (lactones) is 2. The lowest BCUT2D eigenvalue weighted by Gasteiger charge is -2.25. The minimum absolute atomic E-state index is 0.0754. The van der Waals surface area contributed by atoms with Crippen molar-refractivity contribution in [3.05, 3.63) is 0 Å². The fraction of sp³-hybridized carbons (Fsp3) is 0.800. The molecule has 33 heavy (non-hydrogen) atoms. The number of esters is 3. The molecule has 0 aliphatic carbocycles. The van der Waals surface area contributed by atoms with Crippen LogP contribution in [0.4, 0.5) is 0 Å². The summed E-state index contributed by atoms with van der Waals surface area (Å²) in [4.78, 5) is 42.8. The van der Waals surface area contributed by atoms with Gasteiger partial charge in [0, 0.05) is 57.5 Å². The van der Waals surface area contributed by atoms with Crippen molar-refractivity contribution in [3.8, 4) is 0 Å². The monoisotopic (exact) mass is 532 g/mol. The first-order valence-electron chi connectivity index (χ1n) is 10.6. The van der Waals surface area contributed by atoms with Gasteiger partial charge in [-0.3, -0.25) is 19.2 Å². The van der Waals surface area contributed by atoms with Gasteiger partial charge in [0.15, 0.2) is 11.2 Å². The second kappa shape index (κ2) is 17.5. The Morgan fingerprint density at radius 2 is 1.42 bits per heavy atom. The Balaban J connectivity index is 0.000000520. The second-order valence-electron chi connectivity index (χ2n) is 7.61. The largest absolute Gasteiger partial charge is 0.461 e. The molecule has 0 aromatic carbocycles. The first kappa shape index (κ1) is 32.1. The van der Waals surface area contributed by atoms with Crippen molar-refractivity contribution in [2.45, 2.75) is 76.4 Å². The maximum Gasteiger partial charge on any atom is 0.306 e. The molecule has 2 saturated heterocycles. The van der Waals surface area contributed by atoms with E-state index in [1.165, 1.54) is 0 Å². The number of hydrogen-bond acceptors (Lipinski definition) is 10. The summed E-state index contributed by atoms with van der Waals surface area (Å²) in [5, 5.41) is 8.66. The van der Waals surface area contributed by atoms with Crippen LogP contribution in [0.15, 0.2) is 0 Å². The van der Waals surface area contributed by atoms with Gasteiger partial charge in [-0.2, -0.15) is 0 Å². The third kappa shape index (κ3) is 13.5. The zero-order chi connectivity index (χ0) is 25.3. The predicted molar refractivity (Wildman–Crippen MR) is 126 cm³/mol. The molecule has 2 rings (SSSR count). The molecular weight excluding hydrogens is 498 g/mol. The Morgan fingerprint density at radius 3 is 1.76 bits per heavy atom. The standard InChI is InChI=1S/C10H17O5P.C6H11O4P.C4H7ClO/c1-2-3-8(11)13-6-10(7-14-16)5-4-9(12)15-10;7-3-6(4-9-11)2-1-5(8)10-6;1-2-3-4(5)6/h2-7,16H2,1H3;7H,1-4,11H2;2-3H2,1H3. The summed E-state index contributed by atoms with van der Waals surface area (Å²) in [6.45, 7) is 4.18. The molecule has 2 fully saturated rings. The molecule has 0 spiro atoms. The van der Waals surface area contributed by atoms with Gasteiger partial charge >= 0.3 is 17.9 Å². The van der Waals surface area contributed by atoms with E-state index < -0.39 is 11.2 Å². The van der Waals surface area contributed by atoms with Gasteiger partial charge in [0.25, 0.3) is 0 Å². The molecule has 2 heterocycles. The minimum Gasteiger partial charge on any atom is -0.461 e. The second-order valence-corrected chi connectivity index (χ2v) is 8.70. The lowest BCUT2D eigenvalue weighted by molar-refractivity contribution is -0.165. The van der Waals surface area contributed by atoms with Crippen molar-refractivity contribution in [1.29, 1.82) is 0 Å². The van der Waals surface area contributed by atoms with E-state index in [0.29, 0.717) is 38.5 Å². The van der Waals surface area contributed by atoms with E-state index in [2.05, 4.69) is 18.9 Å². The molecule has 2 aliphatic heterocycles. The van der Waals surface area contributed by atoms with Crippen molar-refractivity contribution in [1.82, 2.24) is 0 Å². The highest BCUT2D eigenvalue weighted by Gasteiger charge is 2.42. The van der Waals surface area contributed by atoms with Crippen molar-refractivity contribution in [3.63, 3.8) is 0 Å². The molecule has 10 nitrogen and oxygen atoms in total. The van der Waals surface area contributed by atoms with Crippen LogP contribution >= 0.6 is 30.5 Å². The first-order valence-corrected chi connectivity index (χ1v) is 12.0. The van der Waals surface area contributed by atoms with E-state index in [4.69, 9.17) is 40.0 Å². The molecule has 0 aromatic heterocycles. The Morgan fingerprint density at radius 1 is 0.939 bits per heavy atom. The number of carbonyl (C=O) groups excluding carboxylic acids is 4. The normalized spacial score (nSPS) is 23.5. The zero-order valence-electron chi connectivity index (χ0n) is 19.1. The van der Waals surface area contributed by atoms with Crippen LogP contribution in [0.5, 0.6) is 0 Å². The molecular formula is C20H35ClO10P2. The topological polar surface area (TPSA) is 135 Å². The van der Waals surface area contributed by atoms with Gasteiger partial charge in [0.2, 0.25) is 5.24 Å². The average Bonchev–Trinajstić information content (AvgIpc) is 3.31. The Bertz CT molecular complexity index is 636. The Kier molecular flexibility index (Phi) is 17.1. The third-order valence-electron chi connectivity index (χ3n) is 4.61. The van der Waals surface area contributed by atoms with Gasteiger partial charge in [-0.25, -0.2) is 0 Å². The number of aliphatic hydroxyl groups is 1. The van der Waals surface area contributed by atoms with Crippen molar-refractivity contribution >= 4 is 53.7 Å². The Hall–Kier alpha value is -0.890. The van der Waals surface area contributed by atoms with Crippen LogP contribution in [0, 0.1) is 0 Å². The third-order valence-corrected chi connectivity index (χ3v) is 5.13. The number of carbonyl (C=O) groups is 4.